The molecule has 5 nitrogen and oxygen atoms in total. The zero-order valence-corrected chi connectivity index (χ0v) is 18.2. The molecule has 0 radical (unpaired) electrons. The first-order chi connectivity index (χ1) is 16.2. The molecule has 0 spiro atoms. The monoisotopic (exact) mass is 435 g/mol. The van der Waals surface area contributed by atoms with Gasteiger partial charge < -0.3 is 10.2 Å². The van der Waals surface area contributed by atoms with Gasteiger partial charge in [0.2, 0.25) is 11.8 Å². The quantitative estimate of drug-likeness (QED) is 0.422. The molecule has 1 N–H and O–H groups in total. The molecule has 2 amide bonds. The Morgan fingerprint density at radius 3 is 1.91 bits per heavy atom. The predicted octanol–water partition coefficient (Wildman–Crippen LogP) is 5.04. The van der Waals surface area contributed by atoms with E-state index in [0.29, 0.717) is 25.1 Å². The molecule has 3 aromatic carbocycles. The third kappa shape index (κ3) is 6.37. The van der Waals surface area contributed by atoms with Crippen molar-refractivity contribution in [3.63, 3.8) is 0 Å². The summed E-state index contributed by atoms with van der Waals surface area (Å²) in [5, 5.41) is 2.92. The standard InChI is InChI=1S/C28H25N3O2/c32-27(19-22-9-3-1-4-10-22)30-24-14-16-26(17-15-24)31(21-25-13-7-8-18-29-25)28(33)20-23-11-5-2-6-12-23/h1-18H,19-21H2,(H,30,32). The van der Waals surface area contributed by atoms with Crippen LogP contribution in [0.5, 0.6) is 0 Å². The molecule has 1 aromatic heterocycles. The van der Waals surface area contributed by atoms with E-state index in [1.165, 1.54) is 0 Å². The summed E-state index contributed by atoms with van der Waals surface area (Å²) in [4.78, 5) is 31.7. The molecule has 0 unspecified atom stereocenters. The van der Waals surface area contributed by atoms with Gasteiger partial charge in [-0.25, -0.2) is 0 Å². The summed E-state index contributed by atoms with van der Waals surface area (Å²) < 4.78 is 0. The number of benzene rings is 3. The Morgan fingerprint density at radius 1 is 0.697 bits per heavy atom. The molecule has 1 heterocycles. The molecular formula is C28H25N3O2. The van der Waals surface area contributed by atoms with Gasteiger partial charge in [0.1, 0.15) is 0 Å². The van der Waals surface area contributed by atoms with Crippen LogP contribution in [-0.2, 0) is 29.0 Å². The summed E-state index contributed by atoms with van der Waals surface area (Å²) >= 11 is 0. The lowest BCUT2D eigenvalue weighted by molar-refractivity contribution is -0.118. The molecule has 164 valence electrons. The van der Waals surface area contributed by atoms with Gasteiger partial charge in [-0.2, -0.15) is 0 Å². The number of carbonyl (C=O) groups excluding carboxylic acids is 2. The molecule has 0 aliphatic heterocycles. The molecule has 0 saturated carbocycles. The molecule has 0 aliphatic carbocycles. The molecule has 0 aliphatic rings. The lowest BCUT2D eigenvalue weighted by atomic mass is 10.1. The van der Waals surface area contributed by atoms with Crippen LogP contribution in [0, 0.1) is 0 Å². The highest BCUT2D eigenvalue weighted by atomic mass is 16.2. The molecule has 5 heteroatoms. The van der Waals surface area contributed by atoms with Crippen molar-refractivity contribution in [2.75, 3.05) is 10.2 Å². The maximum Gasteiger partial charge on any atom is 0.231 e. The number of amides is 2. The third-order valence-electron chi connectivity index (χ3n) is 5.22. The van der Waals surface area contributed by atoms with Crippen molar-refractivity contribution >= 4 is 23.2 Å². The predicted molar refractivity (Wildman–Crippen MR) is 131 cm³/mol. The van der Waals surface area contributed by atoms with Gasteiger partial charge in [0.15, 0.2) is 0 Å². The first kappa shape index (κ1) is 22.0. The Kier molecular flexibility index (Phi) is 7.23. The minimum atomic E-state index is -0.0838. The highest BCUT2D eigenvalue weighted by Gasteiger charge is 2.17. The number of aromatic nitrogens is 1. The first-order valence-electron chi connectivity index (χ1n) is 10.9. The van der Waals surface area contributed by atoms with Gasteiger partial charge >= 0.3 is 0 Å². The summed E-state index contributed by atoms with van der Waals surface area (Å²) in [7, 11) is 0. The van der Waals surface area contributed by atoms with Crippen LogP contribution in [-0.4, -0.2) is 16.8 Å². The highest BCUT2D eigenvalue weighted by Crippen LogP contribution is 2.21. The number of carbonyl (C=O) groups is 2. The van der Waals surface area contributed by atoms with E-state index in [0.717, 1.165) is 22.5 Å². The Morgan fingerprint density at radius 2 is 1.30 bits per heavy atom. The van der Waals surface area contributed by atoms with Crippen LogP contribution in [0.4, 0.5) is 11.4 Å². The van der Waals surface area contributed by atoms with E-state index >= 15 is 0 Å². The Hall–Kier alpha value is -4.25. The van der Waals surface area contributed by atoms with Gasteiger partial charge in [0, 0.05) is 17.6 Å². The summed E-state index contributed by atoms with van der Waals surface area (Å²) in [6, 6.07) is 32.3. The molecular weight excluding hydrogens is 410 g/mol. The molecule has 4 aromatic rings. The molecule has 0 bridgehead atoms. The van der Waals surface area contributed by atoms with Crippen molar-refractivity contribution in [1.29, 1.82) is 0 Å². The zero-order valence-electron chi connectivity index (χ0n) is 18.2. The fourth-order valence-electron chi connectivity index (χ4n) is 3.55. The van der Waals surface area contributed by atoms with Crippen molar-refractivity contribution in [3.8, 4) is 0 Å². The van der Waals surface area contributed by atoms with Gasteiger partial charge in [0.25, 0.3) is 0 Å². The number of pyridine rings is 1. The van der Waals surface area contributed by atoms with Crippen LogP contribution in [0.15, 0.2) is 109 Å². The van der Waals surface area contributed by atoms with E-state index < -0.39 is 0 Å². The fourth-order valence-corrected chi connectivity index (χ4v) is 3.55. The Balaban J connectivity index is 1.48. The van der Waals surface area contributed by atoms with Crippen LogP contribution in [0.2, 0.25) is 0 Å². The Bertz CT molecular complexity index is 1180. The van der Waals surface area contributed by atoms with E-state index in [9.17, 15) is 9.59 Å². The van der Waals surface area contributed by atoms with Crippen LogP contribution in [0.3, 0.4) is 0 Å². The van der Waals surface area contributed by atoms with Gasteiger partial charge in [-0.05, 0) is 47.5 Å². The zero-order chi connectivity index (χ0) is 22.9. The van der Waals surface area contributed by atoms with E-state index in [4.69, 9.17) is 0 Å². The minimum Gasteiger partial charge on any atom is -0.326 e. The van der Waals surface area contributed by atoms with Crippen LogP contribution < -0.4 is 10.2 Å². The van der Waals surface area contributed by atoms with Gasteiger partial charge in [-0.15, -0.1) is 0 Å². The largest absolute Gasteiger partial charge is 0.326 e. The van der Waals surface area contributed by atoms with Crippen LogP contribution >= 0.6 is 0 Å². The number of rotatable bonds is 8. The molecule has 4 rings (SSSR count). The average molecular weight is 436 g/mol. The number of anilines is 2. The second kappa shape index (κ2) is 10.9. The van der Waals surface area contributed by atoms with Crippen molar-refractivity contribution in [1.82, 2.24) is 4.98 Å². The van der Waals surface area contributed by atoms with Gasteiger partial charge in [-0.1, -0.05) is 66.7 Å². The second-order valence-corrected chi connectivity index (χ2v) is 7.72. The van der Waals surface area contributed by atoms with E-state index in [1.807, 2.05) is 103 Å². The first-order valence-corrected chi connectivity index (χ1v) is 10.9. The van der Waals surface area contributed by atoms with E-state index in [2.05, 4.69) is 10.3 Å². The van der Waals surface area contributed by atoms with Gasteiger partial charge in [-0.3, -0.25) is 14.6 Å². The summed E-state index contributed by atoms with van der Waals surface area (Å²) in [5.74, 6) is -0.104. The third-order valence-corrected chi connectivity index (χ3v) is 5.22. The average Bonchev–Trinajstić information content (AvgIpc) is 2.85. The van der Waals surface area contributed by atoms with E-state index in [1.54, 1.807) is 11.1 Å². The highest BCUT2D eigenvalue weighted by molar-refractivity contribution is 5.96. The van der Waals surface area contributed by atoms with E-state index in [-0.39, 0.29) is 11.8 Å². The van der Waals surface area contributed by atoms with Crippen LogP contribution in [0.25, 0.3) is 0 Å². The van der Waals surface area contributed by atoms with Crippen molar-refractivity contribution in [2.24, 2.45) is 0 Å². The topological polar surface area (TPSA) is 62.3 Å². The van der Waals surface area contributed by atoms with Crippen LogP contribution in [0.1, 0.15) is 16.8 Å². The van der Waals surface area contributed by atoms with Crippen molar-refractivity contribution in [2.45, 2.75) is 19.4 Å². The number of nitrogens with zero attached hydrogens (tertiary/aromatic N) is 2. The summed E-state index contributed by atoms with van der Waals surface area (Å²) in [6.07, 6.45) is 2.33. The Labute approximate surface area is 193 Å². The maximum absolute atomic E-state index is 13.2. The van der Waals surface area contributed by atoms with Crippen molar-refractivity contribution in [3.05, 3.63) is 126 Å². The molecule has 0 saturated heterocycles. The summed E-state index contributed by atoms with van der Waals surface area (Å²) in [5.41, 5.74) is 4.16. The number of hydrogen-bond donors (Lipinski definition) is 1. The minimum absolute atomic E-state index is 0.0206. The fraction of sp³-hybridized carbons (Fsp3) is 0.107. The maximum atomic E-state index is 13.2. The molecule has 33 heavy (non-hydrogen) atoms. The number of nitrogens with one attached hydrogen (secondary N) is 1. The normalized spacial score (nSPS) is 10.4. The van der Waals surface area contributed by atoms with Crippen molar-refractivity contribution < 1.29 is 9.59 Å². The lowest BCUT2D eigenvalue weighted by Gasteiger charge is -2.23. The molecule has 0 atom stereocenters. The lowest BCUT2D eigenvalue weighted by Crippen LogP contribution is -2.32. The number of hydrogen-bond acceptors (Lipinski definition) is 3. The molecule has 0 fully saturated rings. The summed E-state index contributed by atoms with van der Waals surface area (Å²) in [6.45, 7) is 0.367. The smallest absolute Gasteiger partial charge is 0.231 e. The second-order valence-electron chi connectivity index (χ2n) is 7.72. The SMILES string of the molecule is O=C(Cc1ccccc1)Nc1ccc(N(Cc2ccccn2)C(=O)Cc2ccccc2)cc1. The van der Waals surface area contributed by atoms with Gasteiger partial charge in [0.05, 0.1) is 25.1 Å².